The first-order chi connectivity index (χ1) is 11.7. The average Bonchev–Trinajstić information content (AvgIpc) is 2.87. The molecule has 0 unspecified atom stereocenters. The second-order valence-corrected chi connectivity index (χ2v) is 6.66. The van der Waals surface area contributed by atoms with E-state index in [0.717, 1.165) is 22.5 Å². The van der Waals surface area contributed by atoms with E-state index < -0.39 is 5.97 Å². The van der Waals surface area contributed by atoms with Crippen LogP contribution in [0.25, 0.3) is 5.69 Å². The van der Waals surface area contributed by atoms with Gasteiger partial charge in [-0.2, -0.15) is 5.10 Å². The molecule has 0 aliphatic carbocycles. The largest absolute Gasteiger partial charge is 0.481 e. The highest BCUT2D eigenvalue weighted by Gasteiger charge is 2.23. The zero-order valence-corrected chi connectivity index (χ0v) is 15.4. The standard InChI is InChI=1S/C19H25N3O3/c1-12(2)21(7-6-18(23)24)19(25)17-11-15(5)22(20-17)16-9-13(3)8-14(4)10-16/h8-12H,6-7H2,1-5H3,(H,23,24). The predicted molar refractivity (Wildman–Crippen MR) is 96.2 cm³/mol. The summed E-state index contributed by atoms with van der Waals surface area (Å²) in [6, 6.07) is 7.77. The summed E-state index contributed by atoms with van der Waals surface area (Å²) in [5.41, 5.74) is 4.35. The van der Waals surface area contributed by atoms with Crippen molar-refractivity contribution < 1.29 is 14.7 Å². The molecule has 6 nitrogen and oxygen atoms in total. The summed E-state index contributed by atoms with van der Waals surface area (Å²) in [6.07, 6.45) is -0.0827. The number of aromatic nitrogens is 2. The Bertz CT molecular complexity index is 773. The minimum atomic E-state index is -0.921. The van der Waals surface area contributed by atoms with Crippen LogP contribution in [0, 0.1) is 20.8 Å². The summed E-state index contributed by atoms with van der Waals surface area (Å²) in [5.74, 6) is -1.17. The van der Waals surface area contributed by atoms with Crippen LogP contribution in [-0.2, 0) is 4.79 Å². The normalized spacial score (nSPS) is 11.0. The molecule has 0 bridgehead atoms. The quantitative estimate of drug-likeness (QED) is 0.874. The molecule has 0 atom stereocenters. The van der Waals surface area contributed by atoms with Crippen molar-refractivity contribution >= 4 is 11.9 Å². The van der Waals surface area contributed by atoms with Gasteiger partial charge in [-0.3, -0.25) is 9.59 Å². The topological polar surface area (TPSA) is 75.4 Å². The van der Waals surface area contributed by atoms with Gasteiger partial charge >= 0.3 is 5.97 Å². The number of carboxylic acid groups (broad SMARTS) is 1. The Labute approximate surface area is 148 Å². The van der Waals surface area contributed by atoms with Crippen molar-refractivity contribution in [1.29, 1.82) is 0 Å². The van der Waals surface area contributed by atoms with Crippen molar-refractivity contribution in [2.24, 2.45) is 0 Å². The monoisotopic (exact) mass is 343 g/mol. The number of aryl methyl sites for hydroxylation is 3. The molecule has 0 radical (unpaired) electrons. The van der Waals surface area contributed by atoms with E-state index >= 15 is 0 Å². The molecule has 0 spiro atoms. The van der Waals surface area contributed by atoms with Crippen LogP contribution in [0.15, 0.2) is 24.3 Å². The van der Waals surface area contributed by atoms with E-state index in [0.29, 0.717) is 5.69 Å². The number of rotatable bonds is 6. The van der Waals surface area contributed by atoms with Gasteiger partial charge in [0, 0.05) is 18.3 Å². The van der Waals surface area contributed by atoms with Gasteiger partial charge in [-0.15, -0.1) is 0 Å². The first kappa shape index (κ1) is 18.7. The van der Waals surface area contributed by atoms with Gasteiger partial charge < -0.3 is 10.0 Å². The summed E-state index contributed by atoms with van der Waals surface area (Å²) in [6.45, 7) is 9.85. The molecule has 0 aliphatic heterocycles. The molecule has 0 fully saturated rings. The lowest BCUT2D eigenvalue weighted by atomic mass is 10.1. The van der Waals surface area contributed by atoms with E-state index in [1.165, 1.54) is 0 Å². The molecule has 25 heavy (non-hydrogen) atoms. The van der Waals surface area contributed by atoms with Crippen molar-refractivity contribution in [1.82, 2.24) is 14.7 Å². The summed E-state index contributed by atoms with van der Waals surface area (Å²) in [5, 5.41) is 13.4. The highest BCUT2D eigenvalue weighted by Crippen LogP contribution is 2.17. The number of carbonyl (C=O) groups is 2. The third kappa shape index (κ3) is 4.47. The summed E-state index contributed by atoms with van der Waals surface area (Å²) < 4.78 is 1.75. The van der Waals surface area contributed by atoms with E-state index in [9.17, 15) is 9.59 Å². The molecule has 0 saturated heterocycles. The van der Waals surface area contributed by atoms with Crippen LogP contribution in [-0.4, -0.2) is 44.3 Å². The van der Waals surface area contributed by atoms with Crippen LogP contribution >= 0.6 is 0 Å². The Hall–Kier alpha value is -2.63. The Morgan fingerprint density at radius 1 is 1.12 bits per heavy atom. The second-order valence-electron chi connectivity index (χ2n) is 6.66. The number of benzene rings is 1. The highest BCUT2D eigenvalue weighted by molar-refractivity contribution is 5.93. The van der Waals surface area contributed by atoms with E-state index in [2.05, 4.69) is 11.2 Å². The predicted octanol–water partition coefficient (Wildman–Crippen LogP) is 3.12. The maximum absolute atomic E-state index is 12.8. The van der Waals surface area contributed by atoms with Gasteiger partial charge in [-0.1, -0.05) is 6.07 Å². The number of hydrogen-bond donors (Lipinski definition) is 1. The zero-order valence-electron chi connectivity index (χ0n) is 15.4. The number of hydrogen-bond acceptors (Lipinski definition) is 3. The molecule has 0 aliphatic rings. The third-order valence-corrected chi connectivity index (χ3v) is 4.01. The van der Waals surface area contributed by atoms with Crippen LogP contribution in [0.2, 0.25) is 0 Å². The Balaban J connectivity index is 2.33. The maximum Gasteiger partial charge on any atom is 0.305 e. The minimum Gasteiger partial charge on any atom is -0.481 e. The van der Waals surface area contributed by atoms with Crippen LogP contribution in [0.3, 0.4) is 0 Å². The van der Waals surface area contributed by atoms with E-state index in [4.69, 9.17) is 5.11 Å². The van der Waals surface area contributed by atoms with E-state index in [-0.39, 0.29) is 24.9 Å². The van der Waals surface area contributed by atoms with Crippen molar-refractivity contribution in [3.8, 4) is 5.69 Å². The number of aliphatic carboxylic acids is 1. The molecular weight excluding hydrogens is 318 g/mol. The smallest absolute Gasteiger partial charge is 0.305 e. The Morgan fingerprint density at radius 2 is 1.72 bits per heavy atom. The molecular formula is C19H25N3O3. The molecule has 0 saturated carbocycles. The molecule has 1 heterocycles. The number of nitrogens with zero attached hydrogens (tertiary/aromatic N) is 3. The second kappa shape index (κ2) is 7.51. The van der Waals surface area contributed by atoms with Crippen LogP contribution in [0.5, 0.6) is 0 Å². The number of carbonyl (C=O) groups excluding carboxylic acids is 1. The molecule has 2 rings (SSSR count). The number of carboxylic acids is 1. The fourth-order valence-corrected chi connectivity index (χ4v) is 2.87. The molecule has 1 amide bonds. The summed E-state index contributed by atoms with van der Waals surface area (Å²) >= 11 is 0. The lowest BCUT2D eigenvalue weighted by molar-refractivity contribution is -0.137. The summed E-state index contributed by atoms with van der Waals surface area (Å²) in [4.78, 5) is 25.2. The fraction of sp³-hybridized carbons (Fsp3) is 0.421. The van der Waals surface area contributed by atoms with E-state index in [1.807, 2.05) is 46.8 Å². The van der Waals surface area contributed by atoms with Crippen LogP contribution in [0.1, 0.15) is 47.6 Å². The average molecular weight is 343 g/mol. The van der Waals surface area contributed by atoms with Gasteiger partial charge in [0.05, 0.1) is 12.1 Å². The molecule has 2 aromatic rings. The van der Waals surface area contributed by atoms with Gasteiger partial charge in [-0.25, -0.2) is 4.68 Å². The SMILES string of the molecule is Cc1cc(C)cc(-n2nc(C(=O)N(CCC(=O)O)C(C)C)cc2C)c1. The van der Waals surface area contributed by atoms with Crippen molar-refractivity contribution in [3.63, 3.8) is 0 Å². The van der Waals surface area contributed by atoms with Gasteiger partial charge in [-0.05, 0) is 63.9 Å². The third-order valence-electron chi connectivity index (χ3n) is 4.01. The molecule has 1 aromatic heterocycles. The molecule has 1 N–H and O–H groups in total. The minimum absolute atomic E-state index is 0.0827. The lowest BCUT2D eigenvalue weighted by Gasteiger charge is -2.25. The fourth-order valence-electron chi connectivity index (χ4n) is 2.87. The first-order valence-corrected chi connectivity index (χ1v) is 8.37. The van der Waals surface area contributed by atoms with Gasteiger partial charge in [0.1, 0.15) is 0 Å². The van der Waals surface area contributed by atoms with Crippen molar-refractivity contribution in [3.05, 3.63) is 46.8 Å². The number of amides is 1. The van der Waals surface area contributed by atoms with E-state index in [1.54, 1.807) is 15.6 Å². The Morgan fingerprint density at radius 3 is 2.24 bits per heavy atom. The molecule has 6 heteroatoms. The van der Waals surface area contributed by atoms with Gasteiger partial charge in [0.2, 0.25) is 0 Å². The van der Waals surface area contributed by atoms with Crippen molar-refractivity contribution in [2.75, 3.05) is 6.54 Å². The zero-order chi connectivity index (χ0) is 18.7. The summed E-state index contributed by atoms with van der Waals surface area (Å²) in [7, 11) is 0. The van der Waals surface area contributed by atoms with Crippen LogP contribution in [0.4, 0.5) is 0 Å². The molecule has 134 valence electrons. The Kier molecular flexibility index (Phi) is 5.62. The molecule has 1 aromatic carbocycles. The highest BCUT2D eigenvalue weighted by atomic mass is 16.4. The van der Waals surface area contributed by atoms with Crippen LogP contribution < -0.4 is 0 Å². The first-order valence-electron chi connectivity index (χ1n) is 8.37. The lowest BCUT2D eigenvalue weighted by Crippen LogP contribution is -2.38. The van der Waals surface area contributed by atoms with Gasteiger partial charge in [0.15, 0.2) is 5.69 Å². The van der Waals surface area contributed by atoms with Crippen molar-refractivity contribution in [2.45, 2.75) is 47.1 Å². The maximum atomic E-state index is 12.8. The van der Waals surface area contributed by atoms with Gasteiger partial charge in [0.25, 0.3) is 5.91 Å².